The minimum atomic E-state index is 0.649. The van der Waals surface area contributed by atoms with Gasteiger partial charge in [0.1, 0.15) is 0 Å². The maximum Gasteiger partial charge on any atom is 0.0541 e. The van der Waals surface area contributed by atoms with Crippen LogP contribution in [0.1, 0.15) is 19.4 Å². The van der Waals surface area contributed by atoms with Crippen molar-refractivity contribution in [2.75, 3.05) is 0 Å². The van der Waals surface area contributed by atoms with Crippen LogP contribution < -0.4 is 0 Å². The fourth-order valence-electron chi connectivity index (χ4n) is 5.73. The van der Waals surface area contributed by atoms with E-state index in [0.717, 1.165) is 6.42 Å². The summed E-state index contributed by atoms with van der Waals surface area (Å²) in [6, 6.07) is 39.9. The number of benzene rings is 5. The molecule has 174 valence electrons. The Balaban J connectivity index is 1.32. The van der Waals surface area contributed by atoms with E-state index >= 15 is 0 Å². The van der Waals surface area contributed by atoms with Gasteiger partial charge in [-0.15, -0.1) is 0 Å². The molecule has 0 saturated heterocycles. The van der Waals surface area contributed by atoms with E-state index in [0.29, 0.717) is 5.92 Å². The quantitative estimate of drug-likeness (QED) is 0.268. The van der Waals surface area contributed by atoms with Crippen molar-refractivity contribution >= 4 is 43.6 Å². The summed E-state index contributed by atoms with van der Waals surface area (Å²) >= 11 is 0. The Morgan fingerprint density at radius 2 is 1.17 bits per heavy atom. The first-order chi connectivity index (χ1) is 17.7. The summed E-state index contributed by atoms with van der Waals surface area (Å²) in [7, 11) is 0. The first kappa shape index (κ1) is 21.0. The van der Waals surface area contributed by atoms with Gasteiger partial charge in [-0.1, -0.05) is 74.5 Å². The molecule has 5 aromatic carbocycles. The van der Waals surface area contributed by atoms with Crippen LogP contribution in [0.15, 0.2) is 109 Å². The number of para-hydroxylation sites is 2. The molecule has 0 amide bonds. The molecule has 0 aliphatic heterocycles. The summed E-state index contributed by atoms with van der Waals surface area (Å²) in [5.74, 6) is 0.649. The first-order valence-electron chi connectivity index (χ1n) is 12.8. The van der Waals surface area contributed by atoms with Crippen molar-refractivity contribution in [1.29, 1.82) is 0 Å². The van der Waals surface area contributed by atoms with Crippen LogP contribution in [0.2, 0.25) is 0 Å². The Morgan fingerprint density at radius 1 is 0.583 bits per heavy atom. The van der Waals surface area contributed by atoms with Crippen LogP contribution in [0.4, 0.5) is 0 Å². The van der Waals surface area contributed by atoms with Gasteiger partial charge in [0.15, 0.2) is 0 Å². The van der Waals surface area contributed by atoms with E-state index in [1.54, 1.807) is 0 Å². The predicted molar refractivity (Wildman–Crippen MR) is 154 cm³/mol. The molecular weight excluding hydrogens is 436 g/mol. The second-order valence-corrected chi connectivity index (χ2v) is 10.3. The Bertz CT molecular complexity index is 1830. The molecule has 0 atom stereocenters. The molecule has 0 saturated carbocycles. The van der Waals surface area contributed by atoms with E-state index in [4.69, 9.17) is 0 Å². The van der Waals surface area contributed by atoms with Gasteiger partial charge < -0.3 is 9.55 Å². The van der Waals surface area contributed by atoms with Gasteiger partial charge in [0.25, 0.3) is 0 Å². The SMILES string of the molecule is CC(C)Cc1ccc2[nH]c3ccc(-c4ccc(-n5c6ccccc6c6ccccc65)cc4)cc3c2c1. The van der Waals surface area contributed by atoms with Crippen molar-refractivity contribution in [3.05, 3.63) is 115 Å². The van der Waals surface area contributed by atoms with Crippen molar-refractivity contribution in [2.24, 2.45) is 5.92 Å². The second-order valence-electron chi connectivity index (χ2n) is 10.3. The van der Waals surface area contributed by atoms with E-state index in [9.17, 15) is 0 Å². The molecule has 36 heavy (non-hydrogen) atoms. The molecule has 0 spiro atoms. The third kappa shape index (κ3) is 3.33. The van der Waals surface area contributed by atoms with Crippen molar-refractivity contribution in [2.45, 2.75) is 20.3 Å². The van der Waals surface area contributed by atoms with Crippen molar-refractivity contribution in [1.82, 2.24) is 9.55 Å². The van der Waals surface area contributed by atoms with Gasteiger partial charge in [-0.3, -0.25) is 0 Å². The Kier molecular flexibility index (Phi) is 4.75. The Labute approximate surface area is 210 Å². The average Bonchev–Trinajstić information content (AvgIpc) is 3.43. The van der Waals surface area contributed by atoms with Crippen molar-refractivity contribution in [3.63, 3.8) is 0 Å². The lowest BCUT2D eigenvalue weighted by Crippen LogP contribution is -1.93. The minimum absolute atomic E-state index is 0.649. The summed E-state index contributed by atoms with van der Waals surface area (Å²) in [5, 5.41) is 5.18. The second kappa shape index (κ2) is 8.13. The summed E-state index contributed by atoms with van der Waals surface area (Å²) in [4.78, 5) is 3.60. The number of rotatable bonds is 4. The van der Waals surface area contributed by atoms with Gasteiger partial charge in [0, 0.05) is 38.3 Å². The van der Waals surface area contributed by atoms with Crippen LogP contribution >= 0.6 is 0 Å². The third-order valence-corrected chi connectivity index (χ3v) is 7.35. The average molecular weight is 465 g/mol. The van der Waals surface area contributed by atoms with Crippen molar-refractivity contribution in [3.8, 4) is 16.8 Å². The van der Waals surface area contributed by atoms with Crippen molar-refractivity contribution < 1.29 is 0 Å². The molecule has 2 nitrogen and oxygen atoms in total. The van der Waals surface area contributed by atoms with Gasteiger partial charge in [0.2, 0.25) is 0 Å². The Hall–Kier alpha value is -4.30. The van der Waals surface area contributed by atoms with Crippen LogP contribution in [0.25, 0.3) is 60.4 Å². The van der Waals surface area contributed by atoms with Crippen LogP contribution in [0, 0.1) is 5.92 Å². The molecule has 0 aliphatic carbocycles. The van der Waals surface area contributed by atoms with E-state index in [1.807, 2.05) is 0 Å². The summed E-state index contributed by atoms with van der Waals surface area (Å²) in [6.45, 7) is 4.56. The maximum atomic E-state index is 3.60. The molecule has 7 aromatic rings. The first-order valence-corrected chi connectivity index (χ1v) is 12.8. The lowest BCUT2D eigenvalue weighted by atomic mass is 9.99. The van der Waals surface area contributed by atoms with Gasteiger partial charge in [-0.05, 0) is 77.6 Å². The lowest BCUT2D eigenvalue weighted by Gasteiger charge is -2.09. The fourth-order valence-corrected chi connectivity index (χ4v) is 5.73. The molecule has 0 aliphatic rings. The normalized spacial score (nSPS) is 12.0. The molecule has 1 N–H and O–H groups in total. The maximum absolute atomic E-state index is 3.60. The van der Waals surface area contributed by atoms with Crippen LogP contribution in [0.5, 0.6) is 0 Å². The van der Waals surface area contributed by atoms with Crippen LogP contribution in [-0.2, 0) is 6.42 Å². The number of hydrogen-bond donors (Lipinski definition) is 1. The highest BCUT2D eigenvalue weighted by Crippen LogP contribution is 2.34. The van der Waals surface area contributed by atoms with Crippen LogP contribution in [-0.4, -0.2) is 9.55 Å². The largest absolute Gasteiger partial charge is 0.355 e. The number of fused-ring (bicyclic) bond motifs is 6. The predicted octanol–water partition coefficient (Wildman–Crippen LogP) is 9.28. The smallest absolute Gasteiger partial charge is 0.0541 e. The van der Waals surface area contributed by atoms with Gasteiger partial charge in [0.05, 0.1) is 11.0 Å². The molecule has 7 rings (SSSR count). The molecule has 0 fully saturated rings. The van der Waals surface area contributed by atoms with E-state index < -0.39 is 0 Å². The summed E-state index contributed by atoms with van der Waals surface area (Å²) in [5.41, 5.74) is 9.93. The fraction of sp³-hybridized carbons (Fsp3) is 0.118. The molecule has 0 radical (unpaired) electrons. The van der Waals surface area contributed by atoms with Gasteiger partial charge in [-0.2, -0.15) is 0 Å². The standard InChI is InChI=1S/C34H28N2/c1-22(2)19-23-11-17-31-29(20-23)30-21-25(14-18-32(30)35-31)24-12-15-26(16-13-24)36-33-9-5-3-7-27(33)28-8-4-6-10-34(28)36/h3-18,20-22,35H,19H2,1-2H3. The summed E-state index contributed by atoms with van der Waals surface area (Å²) < 4.78 is 2.37. The number of nitrogens with zero attached hydrogens (tertiary/aromatic N) is 1. The highest BCUT2D eigenvalue weighted by atomic mass is 15.0. The molecular formula is C34H28N2. The Morgan fingerprint density at radius 3 is 1.83 bits per heavy atom. The molecule has 0 unspecified atom stereocenters. The number of H-pyrrole nitrogens is 1. The summed E-state index contributed by atoms with van der Waals surface area (Å²) in [6.07, 6.45) is 1.10. The highest BCUT2D eigenvalue weighted by molar-refractivity contribution is 6.10. The zero-order valence-electron chi connectivity index (χ0n) is 20.6. The van der Waals surface area contributed by atoms with Crippen LogP contribution in [0.3, 0.4) is 0 Å². The zero-order chi connectivity index (χ0) is 24.2. The number of aromatic nitrogens is 2. The molecule has 2 heterocycles. The van der Waals surface area contributed by atoms with E-state index in [2.05, 4.69) is 133 Å². The zero-order valence-corrected chi connectivity index (χ0v) is 20.6. The van der Waals surface area contributed by atoms with Gasteiger partial charge >= 0.3 is 0 Å². The lowest BCUT2D eigenvalue weighted by molar-refractivity contribution is 0.648. The highest BCUT2D eigenvalue weighted by Gasteiger charge is 2.12. The number of aromatic amines is 1. The third-order valence-electron chi connectivity index (χ3n) is 7.35. The topological polar surface area (TPSA) is 20.7 Å². The number of nitrogens with one attached hydrogen (secondary N) is 1. The molecule has 2 aromatic heterocycles. The van der Waals surface area contributed by atoms with E-state index in [1.165, 1.54) is 66.0 Å². The van der Waals surface area contributed by atoms with Gasteiger partial charge in [-0.25, -0.2) is 0 Å². The van der Waals surface area contributed by atoms with E-state index in [-0.39, 0.29) is 0 Å². The monoisotopic (exact) mass is 464 g/mol. The molecule has 2 heteroatoms. The number of hydrogen-bond acceptors (Lipinski definition) is 0. The minimum Gasteiger partial charge on any atom is -0.355 e. The molecule has 0 bridgehead atoms.